The van der Waals surface area contributed by atoms with Crippen molar-refractivity contribution in [1.82, 2.24) is 14.3 Å². The van der Waals surface area contributed by atoms with Crippen molar-refractivity contribution >= 4 is 21.6 Å². The van der Waals surface area contributed by atoms with E-state index in [-0.39, 0.29) is 47.2 Å². The zero-order chi connectivity index (χ0) is 30.1. The molecule has 0 bridgehead atoms. The Morgan fingerprint density at radius 2 is 1.88 bits per heavy atom. The predicted molar refractivity (Wildman–Crippen MR) is 158 cm³/mol. The largest absolute Gasteiger partial charge is 0.337 e. The van der Waals surface area contributed by atoms with Crippen molar-refractivity contribution in [2.45, 2.75) is 62.4 Å². The van der Waals surface area contributed by atoms with Gasteiger partial charge in [0.05, 0.1) is 11.4 Å². The molecule has 1 N–H and O–H groups in total. The number of halogens is 2. The number of amides is 1. The maximum absolute atomic E-state index is 15.1. The van der Waals surface area contributed by atoms with Gasteiger partial charge in [-0.15, -0.1) is 0 Å². The Bertz CT molecular complexity index is 1690. The molecule has 1 aliphatic carbocycles. The van der Waals surface area contributed by atoms with Crippen LogP contribution in [0.2, 0.25) is 0 Å². The standard InChI is InChI=1S/C32H34F2N4O3S/c1-22-8-7-11-26(18-22)42(40,41)36-29-14-15-32(33,34)28-13-12-25(20-27(28)29)38(21-30-35-16-17-37(30)3)31(39)19-23(2)24-9-5-4-6-10-24/h4-13,16-18,20,23,29,36H,14-15,19,21H2,1-3H3/t23-,29+/m1/s1. The van der Waals surface area contributed by atoms with Crippen LogP contribution in [0, 0.1) is 6.92 Å². The molecule has 2 atom stereocenters. The fourth-order valence-electron chi connectivity index (χ4n) is 5.40. The minimum atomic E-state index is -3.99. The lowest BCUT2D eigenvalue weighted by Gasteiger charge is -2.33. The molecule has 220 valence electrons. The predicted octanol–water partition coefficient (Wildman–Crippen LogP) is 6.36. The van der Waals surface area contributed by atoms with E-state index in [1.54, 1.807) is 40.9 Å². The van der Waals surface area contributed by atoms with Crippen molar-refractivity contribution in [2.24, 2.45) is 7.05 Å². The summed E-state index contributed by atoms with van der Waals surface area (Å²) in [6, 6.07) is 19.6. The van der Waals surface area contributed by atoms with E-state index in [2.05, 4.69) is 9.71 Å². The molecule has 7 nitrogen and oxygen atoms in total. The lowest BCUT2D eigenvalue weighted by molar-refractivity contribution is -0.119. The molecule has 42 heavy (non-hydrogen) atoms. The number of aromatic nitrogens is 2. The third kappa shape index (κ3) is 6.29. The molecular weight excluding hydrogens is 558 g/mol. The van der Waals surface area contributed by atoms with Crippen LogP contribution in [0.1, 0.15) is 66.2 Å². The van der Waals surface area contributed by atoms with Gasteiger partial charge in [-0.2, -0.15) is 0 Å². The number of hydrogen-bond acceptors (Lipinski definition) is 4. The van der Waals surface area contributed by atoms with Gasteiger partial charge < -0.3 is 9.47 Å². The number of carbonyl (C=O) groups excluding carboxylic acids is 1. The summed E-state index contributed by atoms with van der Waals surface area (Å²) in [5, 5.41) is 0. The highest BCUT2D eigenvalue weighted by atomic mass is 32.2. The normalized spacial score (nSPS) is 16.9. The summed E-state index contributed by atoms with van der Waals surface area (Å²) in [5.74, 6) is -2.79. The molecule has 1 aromatic heterocycles. The van der Waals surface area contributed by atoms with E-state index >= 15 is 8.78 Å². The lowest BCUT2D eigenvalue weighted by Crippen LogP contribution is -2.36. The average Bonchev–Trinajstić information content (AvgIpc) is 3.37. The van der Waals surface area contributed by atoms with Crippen LogP contribution in [-0.2, 0) is 34.3 Å². The van der Waals surface area contributed by atoms with E-state index in [4.69, 9.17) is 0 Å². The number of sulfonamides is 1. The molecular formula is C32H34F2N4O3S. The Morgan fingerprint density at radius 3 is 2.57 bits per heavy atom. The number of rotatable bonds is 9. The molecule has 0 spiro atoms. The number of anilines is 1. The lowest BCUT2D eigenvalue weighted by atomic mass is 9.85. The minimum Gasteiger partial charge on any atom is -0.337 e. The Labute approximate surface area is 245 Å². The number of fused-ring (bicyclic) bond motifs is 1. The second kappa shape index (κ2) is 11.8. The molecule has 3 aromatic carbocycles. The fourth-order valence-corrected chi connectivity index (χ4v) is 6.75. The van der Waals surface area contributed by atoms with E-state index in [0.717, 1.165) is 11.1 Å². The molecule has 5 rings (SSSR count). The van der Waals surface area contributed by atoms with Gasteiger partial charge in [0, 0.05) is 49.6 Å². The summed E-state index contributed by atoms with van der Waals surface area (Å²) in [7, 11) is -2.17. The number of nitrogens with one attached hydrogen (secondary N) is 1. The highest BCUT2D eigenvalue weighted by Crippen LogP contribution is 2.46. The number of nitrogens with zero attached hydrogens (tertiary/aromatic N) is 3. The van der Waals surface area contributed by atoms with Crippen molar-refractivity contribution in [1.29, 1.82) is 0 Å². The smallest absolute Gasteiger partial charge is 0.273 e. The third-order valence-corrected chi connectivity index (χ3v) is 9.30. The van der Waals surface area contributed by atoms with Gasteiger partial charge >= 0.3 is 0 Å². The van der Waals surface area contributed by atoms with Crippen molar-refractivity contribution in [2.75, 3.05) is 4.90 Å². The number of hydrogen-bond donors (Lipinski definition) is 1. The molecule has 0 radical (unpaired) electrons. The van der Waals surface area contributed by atoms with Crippen molar-refractivity contribution < 1.29 is 22.0 Å². The molecule has 0 aliphatic heterocycles. The van der Waals surface area contributed by atoms with Crippen molar-refractivity contribution in [3.05, 3.63) is 113 Å². The Kier molecular flexibility index (Phi) is 8.30. The van der Waals surface area contributed by atoms with Gasteiger partial charge in [-0.3, -0.25) is 4.79 Å². The highest BCUT2D eigenvalue weighted by Gasteiger charge is 2.42. The number of alkyl halides is 2. The molecule has 1 aliphatic rings. The first-order valence-corrected chi connectivity index (χ1v) is 15.4. The summed E-state index contributed by atoms with van der Waals surface area (Å²) in [4.78, 5) is 19.8. The summed E-state index contributed by atoms with van der Waals surface area (Å²) < 4.78 is 61.3. The van der Waals surface area contributed by atoms with Crippen LogP contribution in [0.3, 0.4) is 0 Å². The van der Waals surface area contributed by atoms with Crippen molar-refractivity contribution in [3.63, 3.8) is 0 Å². The second-order valence-corrected chi connectivity index (χ2v) is 12.7. The number of imidazole rings is 1. The molecule has 0 saturated carbocycles. The first kappa shape index (κ1) is 29.6. The van der Waals surface area contributed by atoms with Gasteiger partial charge in [0.2, 0.25) is 15.9 Å². The minimum absolute atomic E-state index is 0.0685. The van der Waals surface area contributed by atoms with Gasteiger partial charge in [-0.25, -0.2) is 26.9 Å². The fraction of sp³-hybridized carbons (Fsp3) is 0.312. The van der Waals surface area contributed by atoms with E-state index in [9.17, 15) is 13.2 Å². The summed E-state index contributed by atoms with van der Waals surface area (Å²) in [6.07, 6.45) is 3.00. The van der Waals surface area contributed by atoms with Gasteiger partial charge in [0.15, 0.2) is 0 Å². The topological polar surface area (TPSA) is 84.3 Å². The van der Waals surface area contributed by atoms with Crippen LogP contribution in [0.5, 0.6) is 0 Å². The van der Waals surface area contributed by atoms with E-state index in [1.165, 1.54) is 30.3 Å². The first-order chi connectivity index (χ1) is 19.9. The van der Waals surface area contributed by atoms with E-state index in [1.807, 2.05) is 44.3 Å². The van der Waals surface area contributed by atoms with Crippen LogP contribution < -0.4 is 9.62 Å². The number of benzene rings is 3. The second-order valence-electron chi connectivity index (χ2n) is 11.0. The van der Waals surface area contributed by atoms with Crippen molar-refractivity contribution in [3.8, 4) is 0 Å². The molecule has 1 amide bonds. The molecule has 0 fully saturated rings. The van der Waals surface area contributed by atoms with Crippen LogP contribution >= 0.6 is 0 Å². The van der Waals surface area contributed by atoms with Gasteiger partial charge in [0.1, 0.15) is 5.82 Å². The van der Waals surface area contributed by atoms with E-state index < -0.39 is 28.4 Å². The Hall–Kier alpha value is -3.89. The number of carbonyl (C=O) groups is 1. The van der Waals surface area contributed by atoms with Crippen LogP contribution in [0.15, 0.2) is 90.1 Å². The van der Waals surface area contributed by atoms with Gasteiger partial charge in [-0.05, 0) is 60.2 Å². The molecule has 4 aromatic rings. The quantitative estimate of drug-likeness (QED) is 0.245. The zero-order valence-electron chi connectivity index (χ0n) is 23.8. The van der Waals surface area contributed by atoms with Crippen LogP contribution in [0.25, 0.3) is 0 Å². The molecule has 0 unspecified atom stereocenters. The van der Waals surface area contributed by atoms with Crippen LogP contribution in [-0.4, -0.2) is 23.9 Å². The highest BCUT2D eigenvalue weighted by molar-refractivity contribution is 7.89. The van der Waals surface area contributed by atoms with E-state index in [0.29, 0.717) is 11.5 Å². The SMILES string of the molecule is Cc1cccc(S(=O)(=O)N[C@H]2CCC(F)(F)c3ccc(N(Cc4nccn4C)C(=O)C[C@@H](C)c4ccccc4)cc32)c1. The number of aryl methyl sites for hydroxylation is 2. The average molecular weight is 593 g/mol. The van der Waals surface area contributed by atoms with Crippen LogP contribution in [0.4, 0.5) is 14.5 Å². The third-order valence-electron chi connectivity index (χ3n) is 7.83. The zero-order valence-corrected chi connectivity index (χ0v) is 24.6. The summed E-state index contributed by atoms with van der Waals surface area (Å²) in [5.41, 5.74) is 2.10. The summed E-state index contributed by atoms with van der Waals surface area (Å²) >= 11 is 0. The van der Waals surface area contributed by atoms with Gasteiger partial charge in [0.25, 0.3) is 5.92 Å². The molecule has 0 saturated heterocycles. The Morgan fingerprint density at radius 1 is 1.12 bits per heavy atom. The molecule has 1 heterocycles. The first-order valence-electron chi connectivity index (χ1n) is 13.9. The maximum atomic E-state index is 15.1. The van der Waals surface area contributed by atoms with Gasteiger partial charge in [-0.1, -0.05) is 55.5 Å². The summed E-state index contributed by atoms with van der Waals surface area (Å²) in [6.45, 7) is 3.88. The Balaban J connectivity index is 1.52. The monoisotopic (exact) mass is 592 g/mol. The molecule has 10 heteroatoms. The maximum Gasteiger partial charge on any atom is 0.273 e.